The van der Waals surface area contributed by atoms with Crippen LogP contribution < -0.4 is 4.72 Å². The minimum atomic E-state index is -3.53. The minimum absolute atomic E-state index is 0.172. The molecule has 0 unspecified atom stereocenters. The Morgan fingerprint density at radius 2 is 2.00 bits per heavy atom. The third-order valence-corrected chi connectivity index (χ3v) is 4.57. The number of nitrogens with one attached hydrogen (secondary N) is 1. The molecule has 3 aromatic rings. The molecule has 0 aliphatic carbocycles. The molecule has 1 aromatic carbocycles. The van der Waals surface area contributed by atoms with Crippen LogP contribution in [0.1, 0.15) is 5.56 Å². The fourth-order valence-corrected chi connectivity index (χ4v) is 3.51. The summed E-state index contributed by atoms with van der Waals surface area (Å²) in [5.41, 5.74) is 1.80. The van der Waals surface area contributed by atoms with Crippen molar-refractivity contribution in [1.82, 2.24) is 9.38 Å². The van der Waals surface area contributed by atoms with Crippen LogP contribution in [-0.2, 0) is 15.8 Å². The number of imidazole rings is 1. The quantitative estimate of drug-likeness (QED) is 0.803. The average Bonchev–Trinajstić information content (AvgIpc) is 2.88. The average molecular weight is 322 g/mol. The van der Waals surface area contributed by atoms with Crippen LogP contribution in [0.4, 0.5) is 5.69 Å². The number of benzene rings is 1. The van der Waals surface area contributed by atoms with Crippen molar-refractivity contribution >= 4 is 33.0 Å². The molecule has 7 heteroatoms. The molecule has 0 saturated carbocycles. The fourth-order valence-electron chi connectivity index (χ4n) is 2.02. The second kappa shape index (κ2) is 5.38. The second-order valence-corrected chi connectivity index (χ2v) is 6.69. The van der Waals surface area contributed by atoms with Crippen LogP contribution in [0.15, 0.2) is 55.0 Å². The van der Waals surface area contributed by atoms with Gasteiger partial charge in [-0.05, 0) is 23.8 Å². The van der Waals surface area contributed by atoms with E-state index < -0.39 is 10.0 Å². The first-order chi connectivity index (χ1) is 10.0. The van der Waals surface area contributed by atoms with Crippen molar-refractivity contribution in [3.05, 3.63) is 65.6 Å². The number of nitrogens with zero attached hydrogens (tertiary/aromatic N) is 2. The minimum Gasteiger partial charge on any atom is -0.305 e. The Labute approximate surface area is 127 Å². The molecule has 0 aliphatic rings. The Hall–Kier alpha value is -2.05. The molecule has 0 amide bonds. The summed E-state index contributed by atoms with van der Waals surface area (Å²) in [5, 5.41) is 0.438. The number of halogens is 1. The van der Waals surface area contributed by atoms with E-state index in [9.17, 15) is 8.42 Å². The number of hydrogen-bond acceptors (Lipinski definition) is 3. The molecule has 0 bridgehead atoms. The molecule has 0 spiro atoms. The van der Waals surface area contributed by atoms with Gasteiger partial charge in [-0.15, -0.1) is 0 Å². The zero-order valence-electron chi connectivity index (χ0n) is 10.9. The smallest absolute Gasteiger partial charge is 0.237 e. The third-order valence-electron chi connectivity index (χ3n) is 2.97. The van der Waals surface area contributed by atoms with Gasteiger partial charge >= 0.3 is 0 Å². The van der Waals surface area contributed by atoms with E-state index in [0.717, 1.165) is 5.65 Å². The van der Waals surface area contributed by atoms with Crippen LogP contribution >= 0.6 is 11.6 Å². The molecular weight excluding hydrogens is 310 g/mol. The molecule has 0 atom stereocenters. The molecule has 1 N–H and O–H groups in total. The largest absolute Gasteiger partial charge is 0.305 e. The monoisotopic (exact) mass is 321 g/mol. The maximum Gasteiger partial charge on any atom is 0.237 e. The number of rotatable bonds is 4. The lowest BCUT2D eigenvalue weighted by Crippen LogP contribution is -2.15. The Morgan fingerprint density at radius 3 is 2.81 bits per heavy atom. The van der Waals surface area contributed by atoms with Gasteiger partial charge in [-0.2, -0.15) is 0 Å². The molecule has 2 heterocycles. The Kier molecular flexibility index (Phi) is 3.57. The number of sulfonamides is 1. The summed E-state index contributed by atoms with van der Waals surface area (Å²) in [6.07, 6.45) is 5.07. The first-order valence-electron chi connectivity index (χ1n) is 6.20. The molecule has 0 aliphatic heterocycles. The SMILES string of the molecule is O=S(=O)(Cc1ccccc1Cl)Nc1ccc2nccn2c1. The van der Waals surface area contributed by atoms with Gasteiger partial charge in [0.2, 0.25) is 10.0 Å². The standard InChI is InChI=1S/C14H12ClN3O2S/c15-13-4-2-1-3-11(13)10-21(19,20)17-12-5-6-14-16-7-8-18(14)9-12/h1-9,17H,10H2. The molecular formula is C14H12ClN3O2S. The summed E-state index contributed by atoms with van der Waals surface area (Å²) in [4.78, 5) is 4.10. The van der Waals surface area contributed by atoms with Crippen LogP contribution in [0, 0.1) is 0 Å². The summed E-state index contributed by atoms with van der Waals surface area (Å²) in [5.74, 6) is -0.172. The van der Waals surface area contributed by atoms with Crippen molar-refractivity contribution in [3.63, 3.8) is 0 Å². The van der Waals surface area contributed by atoms with E-state index in [1.54, 1.807) is 59.4 Å². The summed E-state index contributed by atoms with van der Waals surface area (Å²) in [6, 6.07) is 10.3. The van der Waals surface area contributed by atoms with Gasteiger partial charge in [-0.3, -0.25) is 4.72 Å². The zero-order chi connectivity index (χ0) is 14.9. The van der Waals surface area contributed by atoms with Crippen LogP contribution in [0.25, 0.3) is 5.65 Å². The lowest BCUT2D eigenvalue weighted by atomic mass is 10.2. The number of hydrogen-bond donors (Lipinski definition) is 1. The Morgan fingerprint density at radius 1 is 1.19 bits per heavy atom. The molecule has 0 radical (unpaired) electrons. The van der Waals surface area contributed by atoms with Gasteiger partial charge in [0, 0.05) is 23.6 Å². The van der Waals surface area contributed by atoms with Crippen molar-refractivity contribution in [2.75, 3.05) is 4.72 Å². The number of aromatic nitrogens is 2. The maximum atomic E-state index is 12.2. The molecule has 0 saturated heterocycles. The van der Waals surface area contributed by atoms with E-state index in [0.29, 0.717) is 16.3 Å². The van der Waals surface area contributed by atoms with Gasteiger partial charge in [-0.25, -0.2) is 13.4 Å². The van der Waals surface area contributed by atoms with Crippen LogP contribution in [0.5, 0.6) is 0 Å². The highest BCUT2D eigenvalue weighted by Crippen LogP contribution is 2.19. The lowest BCUT2D eigenvalue weighted by Gasteiger charge is -2.09. The highest BCUT2D eigenvalue weighted by molar-refractivity contribution is 7.91. The predicted octanol–water partition coefficient (Wildman–Crippen LogP) is 2.93. The first kappa shape index (κ1) is 13.9. The van der Waals surface area contributed by atoms with Gasteiger partial charge in [-0.1, -0.05) is 29.8 Å². The zero-order valence-corrected chi connectivity index (χ0v) is 12.5. The molecule has 21 heavy (non-hydrogen) atoms. The number of anilines is 1. The fraction of sp³-hybridized carbons (Fsp3) is 0.0714. The summed E-state index contributed by atoms with van der Waals surface area (Å²) in [6.45, 7) is 0. The van der Waals surface area contributed by atoms with Gasteiger partial charge in [0.05, 0.1) is 11.4 Å². The van der Waals surface area contributed by atoms with Gasteiger partial charge in [0.25, 0.3) is 0 Å². The summed E-state index contributed by atoms with van der Waals surface area (Å²) < 4.78 is 28.7. The van der Waals surface area contributed by atoms with E-state index in [1.165, 1.54) is 0 Å². The molecule has 108 valence electrons. The number of pyridine rings is 1. The van der Waals surface area contributed by atoms with Gasteiger partial charge < -0.3 is 4.40 Å². The van der Waals surface area contributed by atoms with Crippen molar-refractivity contribution < 1.29 is 8.42 Å². The van der Waals surface area contributed by atoms with Crippen LogP contribution in [0.3, 0.4) is 0 Å². The van der Waals surface area contributed by atoms with Crippen molar-refractivity contribution in [2.24, 2.45) is 0 Å². The summed E-state index contributed by atoms with van der Waals surface area (Å²) in [7, 11) is -3.53. The second-order valence-electron chi connectivity index (χ2n) is 4.56. The van der Waals surface area contributed by atoms with Gasteiger partial charge in [0.15, 0.2) is 0 Å². The van der Waals surface area contributed by atoms with Crippen LogP contribution in [-0.4, -0.2) is 17.8 Å². The summed E-state index contributed by atoms with van der Waals surface area (Å²) >= 11 is 5.99. The highest BCUT2D eigenvalue weighted by atomic mass is 35.5. The Balaban J connectivity index is 1.84. The normalized spacial score (nSPS) is 11.7. The molecule has 5 nitrogen and oxygen atoms in total. The van der Waals surface area contributed by atoms with Crippen molar-refractivity contribution in [2.45, 2.75) is 5.75 Å². The van der Waals surface area contributed by atoms with E-state index >= 15 is 0 Å². The van der Waals surface area contributed by atoms with Crippen molar-refractivity contribution in [1.29, 1.82) is 0 Å². The van der Waals surface area contributed by atoms with E-state index in [1.807, 2.05) is 0 Å². The van der Waals surface area contributed by atoms with Crippen LogP contribution in [0.2, 0.25) is 5.02 Å². The molecule has 2 aromatic heterocycles. The molecule has 0 fully saturated rings. The Bertz CT molecular complexity index is 890. The van der Waals surface area contributed by atoms with Gasteiger partial charge in [0.1, 0.15) is 5.65 Å². The highest BCUT2D eigenvalue weighted by Gasteiger charge is 2.14. The number of fused-ring (bicyclic) bond motifs is 1. The molecule has 3 rings (SSSR count). The third kappa shape index (κ3) is 3.17. The first-order valence-corrected chi connectivity index (χ1v) is 8.23. The lowest BCUT2D eigenvalue weighted by molar-refractivity contribution is 0.600. The van der Waals surface area contributed by atoms with E-state index in [-0.39, 0.29) is 5.75 Å². The van der Waals surface area contributed by atoms with E-state index in [4.69, 9.17) is 11.6 Å². The van der Waals surface area contributed by atoms with Crippen molar-refractivity contribution in [3.8, 4) is 0 Å². The maximum absolute atomic E-state index is 12.2. The predicted molar refractivity (Wildman–Crippen MR) is 82.9 cm³/mol. The van der Waals surface area contributed by atoms with E-state index in [2.05, 4.69) is 9.71 Å². The topological polar surface area (TPSA) is 63.5 Å².